The molecule has 1 unspecified atom stereocenters. The number of nitrogens with two attached hydrogens (primary N) is 1. The molecule has 96 valence electrons. The van der Waals surface area contributed by atoms with Crippen LogP contribution in [0, 0.1) is 0 Å². The van der Waals surface area contributed by atoms with E-state index in [4.69, 9.17) is 10.3 Å². The first-order valence-electron chi connectivity index (χ1n) is 6.41. The molecule has 0 aliphatic rings. The van der Waals surface area contributed by atoms with Gasteiger partial charge in [-0.3, -0.25) is 0 Å². The van der Waals surface area contributed by atoms with Crippen molar-refractivity contribution in [2.45, 2.75) is 38.6 Å². The van der Waals surface area contributed by atoms with E-state index in [2.05, 4.69) is 17.1 Å². The molecule has 0 amide bonds. The number of aromatic nitrogens is 2. The minimum atomic E-state index is -0.137. The van der Waals surface area contributed by atoms with Crippen molar-refractivity contribution in [1.82, 2.24) is 10.1 Å². The Balaban J connectivity index is 1.98. The highest BCUT2D eigenvalue weighted by molar-refractivity contribution is 5.18. The molecular formula is C14H19N3O. The Kier molecular flexibility index (Phi) is 4.47. The van der Waals surface area contributed by atoms with Crippen molar-refractivity contribution in [3.05, 3.63) is 47.6 Å². The molecule has 0 spiro atoms. The van der Waals surface area contributed by atoms with Crippen molar-refractivity contribution in [2.75, 3.05) is 0 Å². The van der Waals surface area contributed by atoms with Crippen molar-refractivity contribution in [2.24, 2.45) is 5.73 Å². The van der Waals surface area contributed by atoms with Crippen molar-refractivity contribution >= 4 is 0 Å². The van der Waals surface area contributed by atoms with Gasteiger partial charge in [0, 0.05) is 6.42 Å². The number of rotatable bonds is 6. The maximum Gasteiger partial charge on any atom is 0.243 e. The molecular weight excluding hydrogens is 226 g/mol. The molecule has 0 saturated carbocycles. The molecule has 1 aromatic heterocycles. The third-order valence-corrected chi connectivity index (χ3v) is 2.87. The summed E-state index contributed by atoms with van der Waals surface area (Å²) in [5.41, 5.74) is 7.16. The van der Waals surface area contributed by atoms with Gasteiger partial charge in [0.2, 0.25) is 5.89 Å². The summed E-state index contributed by atoms with van der Waals surface area (Å²) in [6, 6.07) is 9.96. The second-order valence-corrected chi connectivity index (χ2v) is 4.46. The van der Waals surface area contributed by atoms with Crippen LogP contribution in [0.4, 0.5) is 0 Å². The van der Waals surface area contributed by atoms with Gasteiger partial charge in [0.25, 0.3) is 0 Å². The summed E-state index contributed by atoms with van der Waals surface area (Å²) in [4.78, 5) is 4.36. The predicted molar refractivity (Wildman–Crippen MR) is 70.0 cm³/mol. The molecule has 4 heteroatoms. The molecule has 18 heavy (non-hydrogen) atoms. The van der Waals surface area contributed by atoms with E-state index in [1.807, 2.05) is 30.3 Å². The molecule has 0 radical (unpaired) electrons. The Morgan fingerprint density at radius 2 is 2.06 bits per heavy atom. The summed E-state index contributed by atoms with van der Waals surface area (Å²) in [6.07, 6.45) is 3.78. The van der Waals surface area contributed by atoms with E-state index in [-0.39, 0.29) is 6.04 Å². The highest BCUT2D eigenvalue weighted by Crippen LogP contribution is 2.15. The Labute approximate surface area is 107 Å². The van der Waals surface area contributed by atoms with E-state index in [1.165, 1.54) is 5.56 Å². The fourth-order valence-electron chi connectivity index (χ4n) is 1.82. The minimum Gasteiger partial charge on any atom is -0.338 e. The van der Waals surface area contributed by atoms with Gasteiger partial charge in [-0.05, 0) is 12.0 Å². The smallest absolute Gasteiger partial charge is 0.243 e. The normalized spacial score (nSPS) is 12.6. The van der Waals surface area contributed by atoms with Gasteiger partial charge in [-0.2, -0.15) is 4.98 Å². The first-order valence-corrected chi connectivity index (χ1v) is 6.41. The van der Waals surface area contributed by atoms with Crippen LogP contribution >= 0.6 is 0 Å². The van der Waals surface area contributed by atoms with Crippen LogP contribution in [0.15, 0.2) is 34.9 Å². The molecule has 4 nitrogen and oxygen atoms in total. The number of unbranched alkanes of at least 4 members (excludes halogenated alkanes) is 1. The molecule has 0 aliphatic carbocycles. The van der Waals surface area contributed by atoms with Crippen LogP contribution in [0.5, 0.6) is 0 Å². The van der Waals surface area contributed by atoms with Crippen LogP contribution in [0.1, 0.15) is 49.5 Å². The highest BCUT2D eigenvalue weighted by atomic mass is 16.5. The van der Waals surface area contributed by atoms with Crippen LogP contribution < -0.4 is 5.73 Å². The number of hydrogen-bond acceptors (Lipinski definition) is 4. The molecule has 1 atom stereocenters. The van der Waals surface area contributed by atoms with E-state index in [0.717, 1.165) is 19.3 Å². The quantitative estimate of drug-likeness (QED) is 0.849. The molecule has 1 heterocycles. The van der Waals surface area contributed by atoms with Gasteiger partial charge in [0.1, 0.15) is 0 Å². The third-order valence-electron chi connectivity index (χ3n) is 2.87. The summed E-state index contributed by atoms with van der Waals surface area (Å²) in [5.74, 6) is 1.25. The molecule has 1 aromatic carbocycles. The monoisotopic (exact) mass is 245 g/mol. The standard InChI is InChI=1S/C14H19N3O/c1-2-3-9-12(15)14-16-13(17-18-14)10-11-7-5-4-6-8-11/h4-8,12H,2-3,9-10,15H2,1H3. The zero-order valence-corrected chi connectivity index (χ0v) is 10.7. The average Bonchev–Trinajstić information content (AvgIpc) is 2.86. The lowest BCUT2D eigenvalue weighted by Crippen LogP contribution is -2.10. The average molecular weight is 245 g/mol. The largest absolute Gasteiger partial charge is 0.338 e. The molecule has 2 rings (SSSR count). The number of nitrogens with zero attached hydrogens (tertiary/aromatic N) is 2. The van der Waals surface area contributed by atoms with E-state index >= 15 is 0 Å². The van der Waals surface area contributed by atoms with E-state index < -0.39 is 0 Å². The second-order valence-electron chi connectivity index (χ2n) is 4.46. The summed E-state index contributed by atoms with van der Waals surface area (Å²) < 4.78 is 5.21. The fourth-order valence-corrected chi connectivity index (χ4v) is 1.82. The molecule has 2 aromatic rings. The van der Waals surface area contributed by atoms with Gasteiger partial charge in [0.05, 0.1) is 6.04 Å². The van der Waals surface area contributed by atoms with Gasteiger partial charge >= 0.3 is 0 Å². The van der Waals surface area contributed by atoms with Gasteiger partial charge in [-0.15, -0.1) is 0 Å². The summed E-state index contributed by atoms with van der Waals surface area (Å²) >= 11 is 0. The van der Waals surface area contributed by atoms with Crippen molar-refractivity contribution < 1.29 is 4.52 Å². The lowest BCUT2D eigenvalue weighted by atomic mass is 10.1. The van der Waals surface area contributed by atoms with E-state index in [1.54, 1.807) is 0 Å². The SMILES string of the molecule is CCCCC(N)c1nc(Cc2ccccc2)no1. The molecule has 0 saturated heterocycles. The van der Waals surface area contributed by atoms with E-state index in [0.29, 0.717) is 18.1 Å². The summed E-state index contributed by atoms with van der Waals surface area (Å²) in [7, 11) is 0. The first-order chi connectivity index (χ1) is 8.79. The first kappa shape index (κ1) is 12.8. The van der Waals surface area contributed by atoms with Gasteiger partial charge in [-0.25, -0.2) is 0 Å². The number of hydrogen-bond donors (Lipinski definition) is 1. The zero-order valence-electron chi connectivity index (χ0n) is 10.7. The van der Waals surface area contributed by atoms with Crippen molar-refractivity contribution in [3.63, 3.8) is 0 Å². The Morgan fingerprint density at radius 3 is 2.78 bits per heavy atom. The zero-order chi connectivity index (χ0) is 12.8. The van der Waals surface area contributed by atoms with Gasteiger partial charge in [0.15, 0.2) is 5.82 Å². The molecule has 0 bridgehead atoms. The molecule has 0 fully saturated rings. The van der Waals surface area contributed by atoms with Crippen LogP contribution in [0.3, 0.4) is 0 Å². The van der Waals surface area contributed by atoms with Gasteiger partial charge in [-0.1, -0.05) is 55.3 Å². The molecule has 2 N–H and O–H groups in total. The highest BCUT2D eigenvalue weighted by Gasteiger charge is 2.14. The number of benzene rings is 1. The lowest BCUT2D eigenvalue weighted by Gasteiger charge is -2.03. The van der Waals surface area contributed by atoms with Crippen LogP contribution in [0.2, 0.25) is 0 Å². The lowest BCUT2D eigenvalue weighted by molar-refractivity contribution is 0.343. The van der Waals surface area contributed by atoms with Crippen molar-refractivity contribution in [1.29, 1.82) is 0 Å². The van der Waals surface area contributed by atoms with Crippen LogP contribution in [-0.4, -0.2) is 10.1 Å². The molecule has 0 aliphatic heterocycles. The van der Waals surface area contributed by atoms with Gasteiger partial charge < -0.3 is 10.3 Å². The second kappa shape index (κ2) is 6.31. The maximum atomic E-state index is 5.99. The summed E-state index contributed by atoms with van der Waals surface area (Å²) in [5, 5.41) is 3.97. The maximum absolute atomic E-state index is 5.99. The minimum absolute atomic E-state index is 0.137. The summed E-state index contributed by atoms with van der Waals surface area (Å²) in [6.45, 7) is 2.14. The Morgan fingerprint density at radius 1 is 1.28 bits per heavy atom. The van der Waals surface area contributed by atoms with Crippen LogP contribution in [-0.2, 0) is 6.42 Å². The predicted octanol–water partition coefficient (Wildman–Crippen LogP) is 2.85. The Hall–Kier alpha value is -1.68. The van der Waals surface area contributed by atoms with Crippen LogP contribution in [0.25, 0.3) is 0 Å². The van der Waals surface area contributed by atoms with Crippen molar-refractivity contribution in [3.8, 4) is 0 Å². The fraction of sp³-hybridized carbons (Fsp3) is 0.429. The Bertz CT molecular complexity index is 467. The van der Waals surface area contributed by atoms with E-state index in [9.17, 15) is 0 Å². The topological polar surface area (TPSA) is 64.9 Å². The third kappa shape index (κ3) is 3.40.